The summed E-state index contributed by atoms with van der Waals surface area (Å²) in [6, 6.07) is 17.7. The minimum atomic E-state index is -0.409. The van der Waals surface area contributed by atoms with E-state index in [0.29, 0.717) is 18.2 Å². The molecule has 2 aromatic carbocycles. The van der Waals surface area contributed by atoms with E-state index in [1.54, 1.807) is 23.1 Å². The Bertz CT molecular complexity index is 1240. The predicted molar refractivity (Wildman–Crippen MR) is 127 cm³/mol. The van der Waals surface area contributed by atoms with Gasteiger partial charge in [-0.2, -0.15) is 0 Å². The molecule has 4 rings (SSSR count). The average Bonchev–Trinajstić information content (AvgIpc) is 3.43. The Kier molecular flexibility index (Phi) is 6.58. The predicted octanol–water partition coefficient (Wildman–Crippen LogP) is 5.49. The number of ether oxygens (including phenoxy) is 1. The minimum absolute atomic E-state index is 0.178. The molecule has 0 fully saturated rings. The van der Waals surface area contributed by atoms with Crippen LogP contribution in [0, 0.1) is 13.8 Å². The van der Waals surface area contributed by atoms with Gasteiger partial charge in [0.25, 0.3) is 5.91 Å². The average molecular weight is 445 g/mol. The summed E-state index contributed by atoms with van der Waals surface area (Å²) in [7, 11) is 0. The van der Waals surface area contributed by atoms with Crippen LogP contribution in [0.3, 0.4) is 0 Å². The van der Waals surface area contributed by atoms with Gasteiger partial charge in [-0.15, -0.1) is 5.10 Å². The third kappa shape index (κ3) is 5.68. The molecule has 2 aromatic heterocycles. The van der Waals surface area contributed by atoms with Gasteiger partial charge in [-0.25, -0.2) is 9.67 Å². The molecule has 0 spiro atoms. The lowest BCUT2D eigenvalue weighted by molar-refractivity contribution is 0.0991. The van der Waals surface area contributed by atoms with Gasteiger partial charge in [0.15, 0.2) is 5.76 Å². The van der Waals surface area contributed by atoms with Gasteiger partial charge in [-0.1, -0.05) is 55.8 Å². The number of hydrogen-bond donors (Lipinski definition) is 1. The van der Waals surface area contributed by atoms with Crippen LogP contribution in [-0.2, 0) is 13.2 Å². The van der Waals surface area contributed by atoms with Crippen molar-refractivity contribution in [2.75, 3.05) is 5.32 Å². The Morgan fingerprint density at radius 3 is 2.58 bits per heavy atom. The second-order valence-corrected chi connectivity index (χ2v) is 8.46. The van der Waals surface area contributed by atoms with E-state index in [2.05, 4.69) is 53.5 Å². The van der Waals surface area contributed by atoms with Crippen molar-refractivity contribution in [1.29, 1.82) is 0 Å². The molecule has 7 heteroatoms. The lowest BCUT2D eigenvalue weighted by Gasteiger charge is -2.14. The fraction of sp³-hybridized carbons (Fsp3) is 0.269. The van der Waals surface area contributed by atoms with E-state index < -0.39 is 5.91 Å². The number of aryl methyl sites for hydroxylation is 2. The maximum Gasteiger partial charge on any atom is 0.293 e. The summed E-state index contributed by atoms with van der Waals surface area (Å²) < 4.78 is 13.4. The molecule has 33 heavy (non-hydrogen) atoms. The summed E-state index contributed by atoms with van der Waals surface area (Å²) >= 11 is 0. The van der Waals surface area contributed by atoms with Crippen LogP contribution in [0.25, 0.3) is 0 Å². The number of rotatable bonds is 8. The molecular formula is C26H28N4O3. The van der Waals surface area contributed by atoms with Gasteiger partial charge >= 0.3 is 0 Å². The number of nitrogens with zero attached hydrogens (tertiary/aromatic N) is 3. The zero-order valence-electron chi connectivity index (χ0n) is 19.3. The summed E-state index contributed by atoms with van der Waals surface area (Å²) in [5.41, 5.74) is 4.57. The third-order valence-corrected chi connectivity index (χ3v) is 5.27. The molecule has 0 bridgehead atoms. The number of hydrogen-bond acceptors (Lipinski definition) is 5. The Hall–Kier alpha value is -3.87. The smallest absolute Gasteiger partial charge is 0.293 e. The van der Waals surface area contributed by atoms with Gasteiger partial charge in [-0.3, -0.25) is 10.1 Å². The van der Waals surface area contributed by atoms with Crippen LogP contribution < -0.4 is 10.1 Å². The van der Waals surface area contributed by atoms with Gasteiger partial charge in [0.05, 0.1) is 6.54 Å². The van der Waals surface area contributed by atoms with Crippen LogP contribution in [0.2, 0.25) is 0 Å². The Balaban J connectivity index is 1.35. The van der Waals surface area contributed by atoms with Crippen LogP contribution >= 0.6 is 0 Å². The summed E-state index contributed by atoms with van der Waals surface area (Å²) in [5.74, 6) is 1.73. The first-order valence-electron chi connectivity index (χ1n) is 11.0. The van der Waals surface area contributed by atoms with E-state index in [9.17, 15) is 4.79 Å². The number of aromatic nitrogens is 3. The van der Waals surface area contributed by atoms with E-state index in [4.69, 9.17) is 9.15 Å². The topological polar surface area (TPSA) is 82.2 Å². The number of anilines is 1. The highest BCUT2D eigenvalue weighted by atomic mass is 16.5. The zero-order chi connectivity index (χ0) is 23.4. The highest BCUT2D eigenvalue weighted by Gasteiger charge is 2.15. The van der Waals surface area contributed by atoms with Crippen LogP contribution in [0.5, 0.6) is 5.75 Å². The van der Waals surface area contributed by atoms with E-state index in [1.165, 1.54) is 5.56 Å². The standard InChI is InChI=1S/C26H28N4O3/c1-17(2)22-11-7-19(4)13-24(22)32-15-21-10-12-23(33-21)25(31)28-26-27-16-30(29-26)14-20-8-5-18(3)6-9-20/h5-13,16-17H,14-15H2,1-4H3,(H,28,29,31). The summed E-state index contributed by atoms with van der Waals surface area (Å²) in [6.07, 6.45) is 1.59. The van der Waals surface area contributed by atoms with Crippen LogP contribution in [0.4, 0.5) is 5.95 Å². The summed E-state index contributed by atoms with van der Waals surface area (Å²) in [6.45, 7) is 9.14. The molecular weight excluding hydrogens is 416 g/mol. The van der Waals surface area contributed by atoms with Crippen molar-refractivity contribution >= 4 is 11.9 Å². The lowest BCUT2D eigenvalue weighted by atomic mass is 10.0. The lowest BCUT2D eigenvalue weighted by Crippen LogP contribution is -2.12. The number of carbonyl (C=O) groups is 1. The molecule has 2 heterocycles. The van der Waals surface area contributed by atoms with E-state index in [0.717, 1.165) is 22.4 Å². The fourth-order valence-corrected chi connectivity index (χ4v) is 3.44. The molecule has 1 amide bonds. The van der Waals surface area contributed by atoms with Gasteiger partial charge in [0, 0.05) is 0 Å². The Labute approximate surface area is 193 Å². The van der Waals surface area contributed by atoms with E-state index >= 15 is 0 Å². The minimum Gasteiger partial charge on any atom is -0.485 e. The molecule has 0 saturated heterocycles. The fourth-order valence-electron chi connectivity index (χ4n) is 3.44. The molecule has 0 saturated carbocycles. The number of carbonyl (C=O) groups excluding carboxylic acids is 1. The molecule has 0 aliphatic rings. The molecule has 0 unspecified atom stereocenters. The molecule has 0 aliphatic heterocycles. The molecule has 170 valence electrons. The monoisotopic (exact) mass is 444 g/mol. The second kappa shape index (κ2) is 9.73. The quantitative estimate of drug-likeness (QED) is 0.389. The van der Waals surface area contributed by atoms with Crippen molar-refractivity contribution in [3.05, 3.63) is 94.7 Å². The van der Waals surface area contributed by atoms with Crippen molar-refractivity contribution in [3.63, 3.8) is 0 Å². The maximum absolute atomic E-state index is 12.6. The van der Waals surface area contributed by atoms with Crippen LogP contribution in [0.1, 0.15) is 58.3 Å². The number of nitrogens with one attached hydrogen (secondary N) is 1. The van der Waals surface area contributed by atoms with Gasteiger partial charge in [0.1, 0.15) is 24.4 Å². The SMILES string of the molecule is Cc1ccc(Cn2cnc(NC(=O)c3ccc(COc4cc(C)ccc4C(C)C)o3)n2)cc1. The van der Waals surface area contributed by atoms with Crippen molar-refractivity contribution in [3.8, 4) is 5.75 Å². The molecule has 7 nitrogen and oxygen atoms in total. The molecule has 0 aliphatic carbocycles. The first-order valence-corrected chi connectivity index (χ1v) is 11.0. The second-order valence-electron chi connectivity index (χ2n) is 8.46. The first-order chi connectivity index (χ1) is 15.9. The van der Waals surface area contributed by atoms with Gasteiger partial charge in [-0.05, 0) is 54.7 Å². The van der Waals surface area contributed by atoms with Crippen molar-refractivity contribution in [2.45, 2.75) is 46.8 Å². The molecule has 0 atom stereocenters. The number of amides is 1. The first kappa shape index (κ1) is 22.3. The summed E-state index contributed by atoms with van der Waals surface area (Å²) in [4.78, 5) is 16.7. The van der Waals surface area contributed by atoms with E-state index in [1.807, 2.05) is 32.0 Å². The zero-order valence-corrected chi connectivity index (χ0v) is 19.3. The highest BCUT2D eigenvalue weighted by Crippen LogP contribution is 2.28. The van der Waals surface area contributed by atoms with Crippen molar-refractivity contribution < 1.29 is 13.9 Å². The molecule has 1 N–H and O–H groups in total. The normalized spacial score (nSPS) is 11.1. The van der Waals surface area contributed by atoms with Crippen molar-refractivity contribution in [1.82, 2.24) is 14.8 Å². The third-order valence-electron chi connectivity index (χ3n) is 5.27. The maximum atomic E-state index is 12.6. The van der Waals surface area contributed by atoms with Gasteiger partial charge in [0.2, 0.25) is 5.95 Å². The van der Waals surface area contributed by atoms with Crippen LogP contribution in [-0.4, -0.2) is 20.7 Å². The molecule has 4 aromatic rings. The number of furan rings is 1. The highest BCUT2D eigenvalue weighted by molar-refractivity contribution is 6.01. The van der Waals surface area contributed by atoms with Gasteiger partial charge < -0.3 is 9.15 Å². The summed E-state index contributed by atoms with van der Waals surface area (Å²) in [5, 5.41) is 6.99. The van der Waals surface area contributed by atoms with Crippen molar-refractivity contribution in [2.24, 2.45) is 0 Å². The Morgan fingerprint density at radius 2 is 1.82 bits per heavy atom. The number of benzene rings is 2. The van der Waals surface area contributed by atoms with Crippen LogP contribution in [0.15, 0.2) is 65.3 Å². The Morgan fingerprint density at radius 1 is 1.06 bits per heavy atom. The largest absolute Gasteiger partial charge is 0.485 e. The van der Waals surface area contributed by atoms with E-state index in [-0.39, 0.29) is 18.3 Å². The molecule has 0 radical (unpaired) electrons.